The minimum Gasteiger partial charge on any atom is -0.465 e. The summed E-state index contributed by atoms with van der Waals surface area (Å²) in [6.07, 6.45) is -7.13. The quantitative estimate of drug-likeness (QED) is 0.101. The molecule has 0 N–H and O–H groups in total. The zero-order chi connectivity index (χ0) is 31.4. The van der Waals surface area contributed by atoms with Crippen LogP contribution in [0.25, 0.3) is 11.1 Å². The fraction of sp³-hybridized carbons (Fsp3) is 0.346. The number of hydrogen-bond acceptors (Lipinski definition) is 6. The maximum Gasteiger partial charge on any atom is 0.460 e. The molecule has 0 heterocycles. The minimum absolute atomic E-state index is 0.0748. The highest BCUT2D eigenvalue weighted by atomic mass is 19.4. The molecule has 2 aromatic carbocycles. The fourth-order valence-corrected chi connectivity index (χ4v) is 3.46. The highest BCUT2D eigenvalue weighted by molar-refractivity contribution is 6.25. The molecular weight excluding hydrogens is 579 g/mol. The molecule has 2 rings (SSSR count). The topological polar surface area (TPSA) is 78.9 Å². The number of esters is 3. The van der Waals surface area contributed by atoms with Crippen molar-refractivity contribution in [3.63, 3.8) is 0 Å². The molecule has 0 amide bonds. The van der Waals surface area contributed by atoms with Crippen LogP contribution in [0.1, 0.15) is 45.7 Å². The standard InChI is InChI=1S/C26H21F9O6/c1-4-40-20(36)16-10-6-14(7-11-16)18(22(38)39-3)19(15-8-12-17(13-9-15)21(37)41-5-2)23(27,28)24(29,30)25(31,32)26(33,34)35/h6-13H,4-5H2,1-3H3/b19-18+. The first-order chi connectivity index (χ1) is 18.9. The van der Waals surface area contributed by atoms with Crippen LogP contribution >= 0.6 is 0 Å². The minimum atomic E-state index is -7.28. The van der Waals surface area contributed by atoms with E-state index in [0.717, 1.165) is 36.4 Å². The lowest BCUT2D eigenvalue weighted by Gasteiger charge is -2.35. The number of alkyl halides is 9. The summed E-state index contributed by atoms with van der Waals surface area (Å²) in [5.41, 5.74) is -6.22. The van der Waals surface area contributed by atoms with Gasteiger partial charge in [-0.2, -0.15) is 39.5 Å². The van der Waals surface area contributed by atoms with Crippen molar-refractivity contribution in [3.05, 3.63) is 70.8 Å². The molecule has 0 spiro atoms. The second kappa shape index (κ2) is 12.2. The lowest BCUT2D eigenvalue weighted by Crippen LogP contribution is -2.61. The summed E-state index contributed by atoms with van der Waals surface area (Å²) in [6, 6.07) is 5.85. The van der Waals surface area contributed by atoms with Crippen LogP contribution in [0.5, 0.6) is 0 Å². The Labute approximate surface area is 226 Å². The van der Waals surface area contributed by atoms with Crippen molar-refractivity contribution in [2.24, 2.45) is 0 Å². The molecule has 0 aliphatic rings. The Morgan fingerprint density at radius 2 is 0.976 bits per heavy atom. The van der Waals surface area contributed by atoms with Crippen molar-refractivity contribution in [3.8, 4) is 0 Å². The molecule has 0 radical (unpaired) electrons. The first-order valence-electron chi connectivity index (χ1n) is 11.5. The van der Waals surface area contributed by atoms with Gasteiger partial charge in [0, 0.05) is 5.57 Å². The molecule has 0 saturated carbocycles. The van der Waals surface area contributed by atoms with Gasteiger partial charge >= 0.3 is 41.9 Å². The molecule has 2 aromatic rings. The molecular formula is C26H21F9O6. The number of halogens is 9. The first kappa shape index (κ1) is 33.2. The summed E-state index contributed by atoms with van der Waals surface area (Å²) in [5.74, 6) is -24.6. The van der Waals surface area contributed by atoms with E-state index < -0.39 is 64.1 Å². The molecule has 0 bridgehead atoms. The van der Waals surface area contributed by atoms with Crippen LogP contribution in [0, 0.1) is 0 Å². The van der Waals surface area contributed by atoms with E-state index >= 15 is 8.78 Å². The molecule has 0 unspecified atom stereocenters. The van der Waals surface area contributed by atoms with Crippen molar-refractivity contribution >= 4 is 29.1 Å². The SMILES string of the molecule is CCOC(=O)c1ccc(/C(C(=O)OC)=C(/c2ccc(C(=O)OCC)cc2)C(F)(F)C(F)(F)C(F)(F)C(F)(F)F)cc1. The van der Waals surface area contributed by atoms with E-state index in [0.29, 0.717) is 19.2 Å². The molecule has 224 valence electrons. The zero-order valence-corrected chi connectivity index (χ0v) is 21.4. The Morgan fingerprint density at radius 1 is 0.610 bits per heavy atom. The van der Waals surface area contributed by atoms with Crippen LogP contribution in [0.4, 0.5) is 39.5 Å². The maximum absolute atomic E-state index is 15.5. The van der Waals surface area contributed by atoms with Crippen molar-refractivity contribution in [1.29, 1.82) is 0 Å². The van der Waals surface area contributed by atoms with E-state index in [1.54, 1.807) is 0 Å². The Hall–Kier alpha value is -4.04. The van der Waals surface area contributed by atoms with E-state index in [4.69, 9.17) is 9.47 Å². The van der Waals surface area contributed by atoms with Crippen LogP contribution in [0.3, 0.4) is 0 Å². The van der Waals surface area contributed by atoms with Gasteiger partial charge in [-0.25, -0.2) is 14.4 Å². The van der Waals surface area contributed by atoms with Gasteiger partial charge in [0.1, 0.15) is 0 Å². The van der Waals surface area contributed by atoms with Crippen LogP contribution in [-0.4, -0.2) is 62.2 Å². The van der Waals surface area contributed by atoms with Gasteiger partial charge in [-0.05, 0) is 49.2 Å². The third kappa shape index (κ3) is 6.33. The van der Waals surface area contributed by atoms with Gasteiger partial charge in [-0.3, -0.25) is 0 Å². The second-order valence-corrected chi connectivity index (χ2v) is 8.06. The van der Waals surface area contributed by atoms with Gasteiger partial charge in [0.15, 0.2) is 0 Å². The van der Waals surface area contributed by atoms with Crippen molar-refractivity contribution in [2.75, 3.05) is 20.3 Å². The third-order valence-electron chi connectivity index (χ3n) is 5.47. The van der Waals surface area contributed by atoms with Crippen LogP contribution < -0.4 is 0 Å². The number of rotatable bonds is 10. The summed E-state index contributed by atoms with van der Waals surface area (Å²) < 4.78 is 141. The van der Waals surface area contributed by atoms with Crippen LogP contribution in [-0.2, 0) is 19.0 Å². The molecule has 0 atom stereocenters. The molecule has 41 heavy (non-hydrogen) atoms. The van der Waals surface area contributed by atoms with Crippen LogP contribution in [0.2, 0.25) is 0 Å². The van der Waals surface area contributed by atoms with E-state index in [-0.39, 0.29) is 24.3 Å². The molecule has 6 nitrogen and oxygen atoms in total. The number of carbonyl (C=O) groups is 3. The number of carbonyl (C=O) groups excluding carboxylic acids is 3. The largest absolute Gasteiger partial charge is 0.465 e. The van der Waals surface area contributed by atoms with Gasteiger partial charge in [-0.1, -0.05) is 24.3 Å². The second-order valence-electron chi connectivity index (χ2n) is 8.06. The smallest absolute Gasteiger partial charge is 0.460 e. The van der Waals surface area contributed by atoms with Gasteiger partial charge in [-0.15, -0.1) is 0 Å². The van der Waals surface area contributed by atoms with Gasteiger partial charge in [0.25, 0.3) is 0 Å². The predicted octanol–water partition coefficient (Wildman–Crippen LogP) is 6.59. The van der Waals surface area contributed by atoms with Gasteiger partial charge < -0.3 is 14.2 Å². The summed E-state index contributed by atoms with van der Waals surface area (Å²) in [4.78, 5) is 36.6. The summed E-state index contributed by atoms with van der Waals surface area (Å²) in [5, 5.41) is 0. The monoisotopic (exact) mass is 600 g/mol. The van der Waals surface area contributed by atoms with E-state index in [2.05, 4.69) is 4.74 Å². The summed E-state index contributed by atoms with van der Waals surface area (Å²) in [7, 11) is 0.609. The third-order valence-corrected chi connectivity index (χ3v) is 5.47. The number of ether oxygens (including phenoxy) is 3. The lowest BCUT2D eigenvalue weighted by molar-refractivity contribution is -0.386. The zero-order valence-electron chi connectivity index (χ0n) is 21.4. The number of hydrogen-bond donors (Lipinski definition) is 0. The number of methoxy groups -OCH3 is 1. The van der Waals surface area contributed by atoms with Crippen LogP contribution in [0.15, 0.2) is 48.5 Å². The molecule has 0 aromatic heterocycles. The fourth-order valence-electron chi connectivity index (χ4n) is 3.46. The average Bonchev–Trinajstić information content (AvgIpc) is 2.90. The lowest BCUT2D eigenvalue weighted by atomic mass is 9.85. The predicted molar refractivity (Wildman–Crippen MR) is 125 cm³/mol. The summed E-state index contributed by atoms with van der Waals surface area (Å²) in [6.45, 7) is 2.68. The molecule has 0 aliphatic heterocycles. The molecule has 0 aliphatic carbocycles. The van der Waals surface area contributed by atoms with Crippen molar-refractivity contribution in [2.45, 2.75) is 37.8 Å². The van der Waals surface area contributed by atoms with E-state index in [9.17, 15) is 45.1 Å². The summed E-state index contributed by atoms with van der Waals surface area (Å²) >= 11 is 0. The first-order valence-corrected chi connectivity index (χ1v) is 11.5. The van der Waals surface area contributed by atoms with Gasteiger partial charge in [0.2, 0.25) is 0 Å². The Morgan fingerprint density at radius 3 is 1.32 bits per heavy atom. The number of allylic oxidation sites excluding steroid dienone is 1. The maximum atomic E-state index is 15.5. The normalized spacial score (nSPS) is 13.3. The van der Waals surface area contributed by atoms with Crippen molar-refractivity contribution < 1.29 is 68.1 Å². The van der Waals surface area contributed by atoms with E-state index in [1.807, 2.05) is 0 Å². The molecule has 0 saturated heterocycles. The molecule has 15 heteroatoms. The average molecular weight is 600 g/mol. The Kier molecular flexibility index (Phi) is 9.89. The number of benzene rings is 2. The Bertz CT molecular complexity index is 1300. The highest BCUT2D eigenvalue weighted by Crippen LogP contribution is 2.58. The van der Waals surface area contributed by atoms with E-state index in [1.165, 1.54) is 13.8 Å². The Balaban J connectivity index is 2.99. The molecule has 0 fully saturated rings. The van der Waals surface area contributed by atoms with Gasteiger partial charge in [0.05, 0.1) is 37.0 Å². The van der Waals surface area contributed by atoms with Crippen molar-refractivity contribution in [1.82, 2.24) is 0 Å². The highest BCUT2D eigenvalue weighted by Gasteiger charge is 2.82.